The Labute approximate surface area is 163 Å². The monoisotopic (exact) mass is 371 g/mol. The first-order valence-electron chi connectivity index (χ1n) is 8.71. The van der Waals surface area contributed by atoms with E-state index in [0.29, 0.717) is 5.02 Å². The van der Waals surface area contributed by atoms with E-state index in [1.807, 2.05) is 71.6 Å². The van der Waals surface area contributed by atoms with Crippen LogP contribution < -0.4 is 0 Å². The highest BCUT2D eigenvalue weighted by Gasteiger charge is 2.10. The second-order valence-electron chi connectivity index (χ2n) is 6.31. The van der Waals surface area contributed by atoms with Crippen molar-refractivity contribution in [2.24, 2.45) is 4.99 Å². The van der Waals surface area contributed by atoms with Gasteiger partial charge in [0.2, 0.25) is 0 Å². The number of nitrogens with zero attached hydrogens (tertiary/aromatic N) is 3. The Morgan fingerprint density at radius 2 is 1.59 bits per heavy atom. The average molecular weight is 372 g/mol. The van der Waals surface area contributed by atoms with Gasteiger partial charge in [0, 0.05) is 22.9 Å². The van der Waals surface area contributed by atoms with Crippen LogP contribution in [-0.2, 0) is 0 Å². The van der Waals surface area contributed by atoms with Gasteiger partial charge in [-0.1, -0.05) is 71.8 Å². The third-order valence-corrected chi connectivity index (χ3v) is 4.51. The van der Waals surface area contributed by atoms with Gasteiger partial charge in [-0.2, -0.15) is 5.10 Å². The molecular weight excluding hydrogens is 354 g/mol. The zero-order chi connectivity index (χ0) is 18.6. The number of aliphatic imine (C=N–C) groups is 1. The van der Waals surface area contributed by atoms with E-state index < -0.39 is 0 Å². The van der Waals surface area contributed by atoms with E-state index in [1.54, 1.807) is 0 Å². The molecule has 4 aromatic rings. The minimum Gasteiger partial charge on any atom is -0.236 e. The van der Waals surface area contributed by atoms with E-state index in [-0.39, 0.29) is 0 Å². The molecule has 0 aliphatic heterocycles. The summed E-state index contributed by atoms with van der Waals surface area (Å²) in [5.41, 5.74) is 5.14. The molecule has 0 aliphatic rings. The topological polar surface area (TPSA) is 30.2 Å². The summed E-state index contributed by atoms with van der Waals surface area (Å²) in [5.74, 6) is 0.770. The Balaban J connectivity index is 1.76. The molecule has 0 N–H and O–H groups in total. The second kappa shape index (κ2) is 7.60. The maximum atomic E-state index is 5.96. The summed E-state index contributed by atoms with van der Waals surface area (Å²) >= 11 is 5.96. The van der Waals surface area contributed by atoms with Gasteiger partial charge in [0.05, 0.1) is 11.4 Å². The highest BCUT2D eigenvalue weighted by molar-refractivity contribution is 6.30. The van der Waals surface area contributed by atoms with Gasteiger partial charge in [-0.3, -0.25) is 0 Å². The third-order valence-electron chi connectivity index (χ3n) is 4.25. The van der Waals surface area contributed by atoms with Crippen LogP contribution in [-0.4, -0.2) is 16.0 Å². The number of halogens is 1. The molecule has 0 radical (unpaired) electrons. The van der Waals surface area contributed by atoms with Crippen molar-refractivity contribution in [2.75, 3.05) is 0 Å². The van der Waals surface area contributed by atoms with Crippen molar-refractivity contribution in [3.63, 3.8) is 0 Å². The normalized spacial score (nSPS) is 11.2. The summed E-state index contributed by atoms with van der Waals surface area (Å²) in [6.45, 7) is 2.08. The van der Waals surface area contributed by atoms with E-state index in [0.717, 1.165) is 28.3 Å². The highest BCUT2D eigenvalue weighted by atomic mass is 35.5. The molecule has 0 fully saturated rings. The van der Waals surface area contributed by atoms with Gasteiger partial charge in [0.15, 0.2) is 5.82 Å². The van der Waals surface area contributed by atoms with E-state index in [9.17, 15) is 0 Å². The number of hydrogen-bond acceptors (Lipinski definition) is 2. The molecule has 4 heteroatoms. The van der Waals surface area contributed by atoms with E-state index in [4.69, 9.17) is 16.7 Å². The summed E-state index contributed by atoms with van der Waals surface area (Å²) < 4.78 is 1.86. The average Bonchev–Trinajstić information content (AvgIpc) is 3.13. The molecule has 132 valence electrons. The van der Waals surface area contributed by atoms with Crippen LogP contribution in [0.1, 0.15) is 11.1 Å². The lowest BCUT2D eigenvalue weighted by atomic mass is 10.1. The molecule has 3 aromatic carbocycles. The number of aromatic nitrogens is 2. The molecule has 0 atom stereocenters. The molecule has 1 aromatic heterocycles. The predicted octanol–water partition coefficient (Wildman–Crippen LogP) is 6.25. The summed E-state index contributed by atoms with van der Waals surface area (Å²) in [7, 11) is 0. The van der Waals surface area contributed by atoms with Crippen LogP contribution in [0.2, 0.25) is 5.02 Å². The summed E-state index contributed by atoms with van der Waals surface area (Å²) in [6.07, 6.45) is 1.83. The lowest BCUT2D eigenvalue weighted by molar-refractivity contribution is 0.885. The Hall–Kier alpha value is -3.17. The minimum absolute atomic E-state index is 0.711. The van der Waals surface area contributed by atoms with Gasteiger partial charge in [0.1, 0.15) is 0 Å². The molecule has 0 spiro atoms. The van der Waals surface area contributed by atoms with Crippen LogP contribution in [0, 0.1) is 6.92 Å². The summed E-state index contributed by atoms with van der Waals surface area (Å²) in [6, 6.07) is 28.0. The van der Waals surface area contributed by atoms with Gasteiger partial charge < -0.3 is 0 Å². The Morgan fingerprint density at radius 3 is 2.30 bits per heavy atom. The van der Waals surface area contributed by atoms with Crippen molar-refractivity contribution in [1.29, 1.82) is 0 Å². The van der Waals surface area contributed by atoms with Crippen molar-refractivity contribution in [2.45, 2.75) is 6.92 Å². The van der Waals surface area contributed by atoms with Crippen molar-refractivity contribution in [3.05, 3.63) is 101 Å². The smallest absolute Gasteiger partial charge is 0.156 e. The molecule has 0 saturated carbocycles. The molecule has 3 nitrogen and oxygen atoms in total. The molecule has 0 aliphatic carbocycles. The first-order chi connectivity index (χ1) is 13.2. The fourth-order valence-corrected chi connectivity index (χ4v) is 2.90. The van der Waals surface area contributed by atoms with Crippen LogP contribution >= 0.6 is 11.6 Å². The summed E-state index contributed by atoms with van der Waals surface area (Å²) in [5, 5.41) is 5.50. The standard InChI is InChI=1S/C23H18ClN3/c1-17-7-11-19(12-8-17)22-15-23(25-16-18-9-13-20(24)14-10-18)27(26-22)21-5-3-2-4-6-21/h2-16H,1H3. The van der Waals surface area contributed by atoms with Crippen LogP contribution in [0.15, 0.2) is 89.9 Å². The highest BCUT2D eigenvalue weighted by Crippen LogP contribution is 2.27. The van der Waals surface area contributed by atoms with Gasteiger partial charge in [-0.15, -0.1) is 0 Å². The van der Waals surface area contributed by atoms with Crippen molar-refractivity contribution in [1.82, 2.24) is 9.78 Å². The van der Waals surface area contributed by atoms with Crippen LogP contribution in [0.4, 0.5) is 5.82 Å². The lowest BCUT2D eigenvalue weighted by Crippen LogP contribution is -1.96. The van der Waals surface area contributed by atoms with Gasteiger partial charge in [0.25, 0.3) is 0 Å². The van der Waals surface area contributed by atoms with E-state index in [1.165, 1.54) is 5.56 Å². The van der Waals surface area contributed by atoms with E-state index in [2.05, 4.69) is 36.2 Å². The molecule has 4 rings (SSSR count). The molecule has 0 saturated heterocycles. The SMILES string of the molecule is Cc1ccc(-c2cc(N=Cc3ccc(Cl)cc3)n(-c3ccccc3)n2)cc1. The first-order valence-corrected chi connectivity index (χ1v) is 9.09. The van der Waals surface area contributed by atoms with Crippen LogP contribution in [0.3, 0.4) is 0 Å². The van der Waals surface area contributed by atoms with Crippen LogP contribution in [0.25, 0.3) is 16.9 Å². The van der Waals surface area contributed by atoms with E-state index >= 15 is 0 Å². The second-order valence-corrected chi connectivity index (χ2v) is 6.75. The van der Waals surface area contributed by atoms with Crippen molar-refractivity contribution < 1.29 is 0 Å². The predicted molar refractivity (Wildman–Crippen MR) is 112 cm³/mol. The van der Waals surface area contributed by atoms with Gasteiger partial charge in [-0.05, 0) is 36.8 Å². The third kappa shape index (κ3) is 3.99. The van der Waals surface area contributed by atoms with Crippen molar-refractivity contribution >= 4 is 23.6 Å². The molecule has 0 bridgehead atoms. The zero-order valence-electron chi connectivity index (χ0n) is 14.9. The minimum atomic E-state index is 0.711. The maximum Gasteiger partial charge on any atom is 0.156 e. The Bertz CT molecular complexity index is 1060. The number of benzene rings is 3. The quantitative estimate of drug-likeness (QED) is 0.390. The van der Waals surface area contributed by atoms with Gasteiger partial charge in [-0.25, -0.2) is 9.67 Å². The number of aryl methyl sites for hydroxylation is 1. The molecular formula is C23H18ClN3. The zero-order valence-corrected chi connectivity index (χ0v) is 15.6. The Kier molecular flexibility index (Phi) is 4.86. The molecule has 0 amide bonds. The largest absolute Gasteiger partial charge is 0.236 e. The fourth-order valence-electron chi connectivity index (χ4n) is 2.78. The van der Waals surface area contributed by atoms with Crippen LogP contribution in [0.5, 0.6) is 0 Å². The van der Waals surface area contributed by atoms with Crippen molar-refractivity contribution in [3.8, 4) is 16.9 Å². The molecule has 1 heterocycles. The number of para-hydroxylation sites is 1. The van der Waals surface area contributed by atoms with Gasteiger partial charge >= 0.3 is 0 Å². The molecule has 27 heavy (non-hydrogen) atoms. The maximum absolute atomic E-state index is 5.96. The fraction of sp³-hybridized carbons (Fsp3) is 0.0435. The summed E-state index contributed by atoms with van der Waals surface area (Å²) in [4.78, 5) is 4.68. The first kappa shape index (κ1) is 17.3. The number of hydrogen-bond donors (Lipinski definition) is 0. The Morgan fingerprint density at radius 1 is 0.889 bits per heavy atom. The molecule has 0 unspecified atom stereocenters. The lowest BCUT2D eigenvalue weighted by Gasteiger charge is -2.03. The number of rotatable bonds is 4.